The van der Waals surface area contributed by atoms with Gasteiger partial charge in [-0.2, -0.15) is 0 Å². The van der Waals surface area contributed by atoms with Crippen LogP contribution in [0, 0.1) is 6.92 Å². The van der Waals surface area contributed by atoms with E-state index in [1.807, 2.05) is 31.2 Å². The third-order valence-corrected chi connectivity index (χ3v) is 4.13. The van der Waals surface area contributed by atoms with Crippen LogP contribution in [0.2, 0.25) is 0 Å². The highest BCUT2D eigenvalue weighted by Gasteiger charge is 2.39. The fourth-order valence-corrected chi connectivity index (χ4v) is 2.70. The number of rotatable bonds is 4. The first-order chi connectivity index (χ1) is 9.12. The highest BCUT2D eigenvalue weighted by atomic mass is 16.5. The molecule has 0 atom stereocenters. The molecule has 0 saturated heterocycles. The summed E-state index contributed by atoms with van der Waals surface area (Å²) in [5, 5.41) is 0.989. The number of ether oxygens (including phenoxy) is 1. The Hall–Kier alpha value is -1.61. The molecule has 0 spiro atoms. The van der Waals surface area contributed by atoms with Crippen molar-refractivity contribution in [1.29, 1.82) is 0 Å². The topological polar surface area (TPSA) is 39.4 Å². The number of benzene rings is 1. The summed E-state index contributed by atoms with van der Waals surface area (Å²) in [7, 11) is 1.69. The van der Waals surface area contributed by atoms with Crippen LogP contribution in [-0.4, -0.2) is 18.5 Å². The van der Waals surface area contributed by atoms with Gasteiger partial charge in [0.2, 0.25) is 5.78 Å². The monoisotopic (exact) mass is 258 g/mol. The summed E-state index contributed by atoms with van der Waals surface area (Å²) in [6.45, 7) is 2.03. The van der Waals surface area contributed by atoms with Gasteiger partial charge >= 0.3 is 0 Å². The summed E-state index contributed by atoms with van der Waals surface area (Å²) in [4.78, 5) is 12.3. The Balaban J connectivity index is 1.85. The molecule has 1 aromatic carbocycles. The number of hydrogen-bond acceptors (Lipinski definition) is 3. The van der Waals surface area contributed by atoms with Crippen molar-refractivity contribution in [3.63, 3.8) is 0 Å². The lowest BCUT2D eigenvalue weighted by atomic mass is 9.76. The van der Waals surface area contributed by atoms with Gasteiger partial charge in [0.05, 0.1) is 5.60 Å². The van der Waals surface area contributed by atoms with Crippen LogP contribution in [0.25, 0.3) is 11.0 Å². The van der Waals surface area contributed by atoms with Crippen LogP contribution in [-0.2, 0) is 4.74 Å². The molecule has 2 aromatic rings. The van der Waals surface area contributed by atoms with Crippen molar-refractivity contribution in [3.05, 3.63) is 35.6 Å². The molecule has 1 fully saturated rings. The van der Waals surface area contributed by atoms with Gasteiger partial charge in [-0.3, -0.25) is 4.79 Å². The lowest BCUT2D eigenvalue weighted by Crippen LogP contribution is -2.41. The van der Waals surface area contributed by atoms with E-state index in [2.05, 4.69) is 0 Å². The Morgan fingerprint density at radius 1 is 1.37 bits per heavy atom. The van der Waals surface area contributed by atoms with Crippen molar-refractivity contribution in [3.8, 4) is 0 Å². The molecule has 0 unspecified atom stereocenters. The molecule has 0 N–H and O–H groups in total. The van der Waals surface area contributed by atoms with E-state index in [0.29, 0.717) is 12.2 Å². The molecule has 3 rings (SSSR count). The van der Waals surface area contributed by atoms with E-state index in [-0.39, 0.29) is 11.4 Å². The van der Waals surface area contributed by atoms with E-state index in [9.17, 15) is 4.79 Å². The first kappa shape index (κ1) is 12.4. The average Bonchev–Trinajstić information content (AvgIpc) is 2.76. The Morgan fingerprint density at radius 2 is 2.16 bits per heavy atom. The normalized spacial score (nSPS) is 17.4. The van der Waals surface area contributed by atoms with Gasteiger partial charge in [0.25, 0.3) is 0 Å². The van der Waals surface area contributed by atoms with Crippen LogP contribution in [0.1, 0.15) is 41.8 Å². The highest BCUT2D eigenvalue weighted by Crippen LogP contribution is 2.39. The maximum Gasteiger partial charge on any atom is 0.200 e. The van der Waals surface area contributed by atoms with Crippen LogP contribution < -0.4 is 0 Å². The largest absolute Gasteiger partial charge is 0.453 e. The fraction of sp³-hybridized carbons (Fsp3) is 0.438. The minimum absolute atomic E-state index is 0.0374. The summed E-state index contributed by atoms with van der Waals surface area (Å²) in [5.74, 6) is 0.485. The van der Waals surface area contributed by atoms with E-state index in [4.69, 9.17) is 9.15 Å². The van der Waals surface area contributed by atoms with Crippen LogP contribution in [0.5, 0.6) is 0 Å². The molecular formula is C16H18O3. The maximum atomic E-state index is 12.3. The van der Waals surface area contributed by atoms with Crippen molar-refractivity contribution in [2.24, 2.45) is 0 Å². The van der Waals surface area contributed by atoms with Gasteiger partial charge in [-0.25, -0.2) is 0 Å². The third kappa shape index (κ3) is 2.19. The predicted molar refractivity (Wildman–Crippen MR) is 73.5 cm³/mol. The average molecular weight is 258 g/mol. The molecule has 3 heteroatoms. The Bertz CT molecular complexity index is 614. The standard InChI is InChI=1S/C16H18O3/c1-11-4-5-14-12(8-11)9-15(19-14)13(17)10-16(18-2)6-3-7-16/h4-5,8-9H,3,6-7,10H2,1-2H3. The van der Waals surface area contributed by atoms with E-state index in [1.165, 1.54) is 5.56 Å². The van der Waals surface area contributed by atoms with E-state index < -0.39 is 0 Å². The molecule has 1 saturated carbocycles. The second kappa shape index (κ2) is 4.49. The Morgan fingerprint density at radius 3 is 2.79 bits per heavy atom. The SMILES string of the molecule is COC1(CC(=O)c2cc3cc(C)ccc3o2)CCC1. The van der Waals surface area contributed by atoms with Gasteiger partial charge in [0.15, 0.2) is 5.76 Å². The molecule has 0 amide bonds. The van der Waals surface area contributed by atoms with Gasteiger partial charge in [-0.15, -0.1) is 0 Å². The molecule has 1 aliphatic carbocycles. The Labute approximate surface area is 112 Å². The van der Waals surface area contributed by atoms with Crippen molar-refractivity contribution in [1.82, 2.24) is 0 Å². The van der Waals surface area contributed by atoms with Crippen LogP contribution in [0.4, 0.5) is 0 Å². The number of methoxy groups -OCH3 is 1. The molecule has 1 heterocycles. The first-order valence-electron chi connectivity index (χ1n) is 6.70. The number of carbonyl (C=O) groups is 1. The molecule has 0 aliphatic heterocycles. The zero-order chi connectivity index (χ0) is 13.5. The zero-order valence-corrected chi connectivity index (χ0v) is 11.4. The third-order valence-electron chi connectivity index (χ3n) is 4.13. The molecule has 0 radical (unpaired) electrons. The molecule has 1 aliphatic rings. The lowest BCUT2D eigenvalue weighted by Gasteiger charge is -2.39. The molecule has 0 bridgehead atoms. The number of fused-ring (bicyclic) bond motifs is 1. The summed E-state index contributed by atoms with van der Waals surface area (Å²) in [5.41, 5.74) is 1.69. The number of carbonyl (C=O) groups excluding carboxylic acids is 1. The Kier molecular flexibility index (Phi) is 2.94. The van der Waals surface area contributed by atoms with Crippen molar-refractivity contribution >= 4 is 16.8 Å². The second-order valence-corrected chi connectivity index (χ2v) is 5.49. The van der Waals surface area contributed by atoms with Gasteiger partial charge < -0.3 is 9.15 Å². The number of furan rings is 1. The molecular weight excluding hydrogens is 240 g/mol. The summed E-state index contributed by atoms with van der Waals surface area (Å²) in [6, 6.07) is 7.78. The molecule has 19 heavy (non-hydrogen) atoms. The van der Waals surface area contributed by atoms with Gasteiger partial charge in [-0.1, -0.05) is 11.6 Å². The second-order valence-electron chi connectivity index (χ2n) is 5.49. The van der Waals surface area contributed by atoms with Crippen molar-refractivity contribution in [2.45, 2.75) is 38.2 Å². The minimum Gasteiger partial charge on any atom is -0.453 e. The molecule has 1 aromatic heterocycles. The quantitative estimate of drug-likeness (QED) is 0.781. The highest BCUT2D eigenvalue weighted by molar-refractivity contribution is 5.98. The lowest BCUT2D eigenvalue weighted by molar-refractivity contribution is -0.0707. The van der Waals surface area contributed by atoms with Gasteiger partial charge in [0.1, 0.15) is 5.58 Å². The number of hydrogen-bond donors (Lipinski definition) is 0. The number of ketones is 1. The maximum absolute atomic E-state index is 12.3. The van der Waals surface area contributed by atoms with E-state index >= 15 is 0 Å². The van der Waals surface area contributed by atoms with Crippen LogP contribution >= 0.6 is 0 Å². The smallest absolute Gasteiger partial charge is 0.200 e. The van der Waals surface area contributed by atoms with Gasteiger partial charge in [-0.05, 0) is 44.4 Å². The first-order valence-corrected chi connectivity index (χ1v) is 6.70. The summed E-state index contributed by atoms with van der Waals surface area (Å²) >= 11 is 0. The van der Waals surface area contributed by atoms with E-state index in [0.717, 1.165) is 30.2 Å². The zero-order valence-electron chi connectivity index (χ0n) is 11.4. The minimum atomic E-state index is -0.244. The molecule has 3 nitrogen and oxygen atoms in total. The predicted octanol–water partition coefficient (Wildman–Crippen LogP) is 3.88. The van der Waals surface area contributed by atoms with E-state index in [1.54, 1.807) is 7.11 Å². The van der Waals surface area contributed by atoms with Crippen molar-refractivity contribution < 1.29 is 13.9 Å². The summed E-state index contributed by atoms with van der Waals surface area (Å²) < 4.78 is 11.1. The van der Waals surface area contributed by atoms with Crippen molar-refractivity contribution in [2.75, 3.05) is 7.11 Å². The van der Waals surface area contributed by atoms with Gasteiger partial charge in [0, 0.05) is 18.9 Å². The number of aryl methyl sites for hydroxylation is 1. The number of Topliss-reactive ketones (excluding diaryl/α,β-unsaturated/α-hetero) is 1. The fourth-order valence-electron chi connectivity index (χ4n) is 2.70. The van der Waals surface area contributed by atoms with Crippen LogP contribution in [0.15, 0.2) is 28.7 Å². The summed E-state index contributed by atoms with van der Waals surface area (Å²) in [6.07, 6.45) is 3.49. The van der Waals surface area contributed by atoms with Crippen LogP contribution in [0.3, 0.4) is 0 Å². The molecule has 100 valence electrons.